The Hall–Kier alpha value is -3.81. The molecule has 0 saturated heterocycles. The van der Waals surface area contributed by atoms with E-state index >= 15 is 0 Å². The fourth-order valence-corrected chi connectivity index (χ4v) is 5.06. The molecular weight excluding hydrogens is 532 g/mol. The Morgan fingerprint density at radius 3 is 2.45 bits per heavy atom. The SMILES string of the molecule is COc1ccc2oc3c(c(=O)c2c1CC=C(C)C)=C(O)C(CC=C(C)C)C(O)(OC(=O)c1ccccc1CCl)C=3. The highest BCUT2D eigenvalue weighted by molar-refractivity contribution is 6.17. The Morgan fingerprint density at radius 2 is 1.80 bits per heavy atom. The monoisotopic (exact) mass is 564 g/mol. The second kappa shape index (κ2) is 11.7. The number of ether oxygens (including phenoxy) is 2. The number of carbonyl (C=O) groups is 1. The third kappa shape index (κ3) is 5.58. The van der Waals surface area contributed by atoms with Crippen molar-refractivity contribution in [2.45, 2.75) is 52.2 Å². The Labute approximate surface area is 237 Å². The standard InChI is InChI=1S/C32H33ClO7/c1-18(2)10-12-22-24(38-5)14-15-25-27(22)30(35)28-26(39-25)16-32(37,23(29(28)34)13-11-19(3)4)40-31(36)21-9-7-6-8-20(21)17-33/h6-11,14-16,23,34,37H,12-13,17H2,1-5H3. The Kier molecular flexibility index (Phi) is 8.57. The van der Waals surface area contributed by atoms with Crippen LogP contribution in [0.25, 0.3) is 22.8 Å². The summed E-state index contributed by atoms with van der Waals surface area (Å²) in [6.07, 6.45) is 5.45. The summed E-state index contributed by atoms with van der Waals surface area (Å²) in [6.45, 7) is 7.64. The molecule has 0 aliphatic heterocycles. The maximum absolute atomic E-state index is 14.0. The predicted molar refractivity (Wildman–Crippen MR) is 156 cm³/mol. The number of aliphatic hydroxyl groups is 2. The summed E-state index contributed by atoms with van der Waals surface area (Å²) in [5.74, 6) is -4.17. The molecule has 210 valence electrons. The molecule has 1 aliphatic carbocycles. The molecule has 4 rings (SSSR count). The molecule has 0 amide bonds. The minimum Gasteiger partial charge on any atom is -0.511 e. The van der Waals surface area contributed by atoms with Crippen LogP contribution < -0.4 is 20.8 Å². The number of carbonyl (C=O) groups excluding carboxylic acids is 1. The van der Waals surface area contributed by atoms with Crippen LogP contribution in [0, 0.1) is 5.92 Å². The van der Waals surface area contributed by atoms with Gasteiger partial charge in [-0.3, -0.25) is 4.79 Å². The van der Waals surface area contributed by atoms with Crippen LogP contribution in [-0.2, 0) is 17.0 Å². The molecule has 2 N–H and O–H groups in total. The molecule has 2 atom stereocenters. The number of halogens is 1. The van der Waals surface area contributed by atoms with Crippen LogP contribution in [0.5, 0.6) is 5.75 Å². The molecule has 0 bridgehead atoms. The number of allylic oxidation sites excluding steroid dienone is 4. The molecule has 1 aromatic heterocycles. The number of methoxy groups -OCH3 is 1. The van der Waals surface area contributed by atoms with Gasteiger partial charge >= 0.3 is 5.97 Å². The first-order chi connectivity index (χ1) is 19.0. The second-order valence-electron chi connectivity index (χ2n) is 10.3. The Morgan fingerprint density at radius 1 is 1.10 bits per heavy atom. The van der Waals surface area contributed by atoms with E-state index < -0.39 is 28.9 Å². The van der Waals surface area contributed by atoms with Gasteiger partial charge in [0.1, 0.15) is 27.7 Å². The van der Waals surface area contributed by atoms with E-state index in [2.05, 4.69) is 0 Å². The van der Waals surface area contributed by atoms with Gasteiger partial charge in [-0.05, 0) is 64.3 Å². The number of fused-ring (bicyclic) bond motifs is 2. The largest absolute Gasteiger partial charge is 0.511 e. The van der Waals surface area contributed by atoms with Crippen LogP contribution in [-0.4, -0.2) is 29.1 Å². The van der Waals surface area contributed by atoms with E-state index in [1.54, 1.807) is 42.5 Å². The lowest BCUT2D eigenvalue weighted by molar-refractivity contribution is -0.143. The van der Waals surface area contributed by atoms with Gasteiger partial charge in [0.25, 0.3) is 0 Å². The summed E-state index contributed by atoms with van der Waals surface area (Å²) < 4.78 is 17.3. The second-order valence-corrected chi connectivity index (χ2v) is 10.6. The van der Waals surface area contributed by atoms with E-state index in [1.807, 2.05) is 33.8 Å². The number of rotatable bonds is 8. The van der Waals surface area contributed by atoms with Gasteiger partial charge in [0.05, 0.1) is 24.0 Å². The number of hydrogen-bond donors (Lipinski definition) is 2. The molecule has 0 fully saturated rings. The van der Waals surface area contributed by atoms with Crippen molar-refractivity contribution in [1.82, 2.24) is 0 Å². The first-order valence-corrected chi connectivity index (χ1v) is 13.5. The fraction of sp³-hybridized carbons (Fsp3) is 0.312. The summed E-state index contributed by atoms with van der Waals surface area (Å²) in [5, 5.41) is 23.5. The first kappa shape index (κ1) is 29.2. The van der Waals surface area contributed by atoms with Gasteiger partial charge in [0.2, 0.25) is 11.2 Å². The molecule has 0 spiro atoms. The number of aliphatic hydroxyl groups excluding tert-OH is 1. The van der Waals surface area contributed by atoms with Crippen LogP contribution in [0.15, 0.2) is 68.9 Å². The zero-order valence-corrected chi connectivity index (χ0v) is 24.0. The maximum atomic E-state index is 14.0. The Balaban J connectivity index is 1.99. The van der Waals surface area contributed by atoms with Crippen molar-refractivity contribution >= 4 is 40.4 Å². The van der Waals surface area contributed by atoms with Gasteiger partial charge in [-0.2, -0.15) is 0 Å². The molecule has 2 unspecified atom stereocenters. The van der Waals surface area contributed by atoms with Crippen LogP contribution in [0.2, 0.25) is 0 Å². The van der Waals surface area contributed by atoms with Crippen LogP contribution in [0.3, 0.4) is 0 Å². The van der Waals surface area contributed by atoms with Crippen LogP contribution >= 0.6 is 11.6 Å². The van der Waals surface area contributed by atoms with E-state index in [1.165, 1.54) is 13.2 Å². The van der Waals surface area contributed by atoms with Gasteiger partial charge in [-0.25, -0.2) is 4.79 Å². The summed E-state index contributed by atoms with van der Waals surface area (Å²) in [5.41, 5.74) is 2.99. The molecule has 2 aromatic carbocycles. The minimum atomic E-state index is -2.32. The molecule has 3 aromatic rings. The van der Waals surface area contributed by atoms with Gasteiger partial charge < -0.3 is 24.1 Å². The molecule has 0 radical (unpaired) electrons. The lowest BCUT2D eigenvalue weighted by Gasteiger charge is -2.34. The fourth-order valence-electron chi connectivity index (χ4n) is 4.82. The molecule has 40 heavy (non-hydrogen) atoms. The molecular formula is C32H33ClO7. The molecule has 0 saturated carbocycles. The highest BCUT2D eigenvalue weighted by Gasteiger charge is 2.45. The number of hydrogen-bond acceptors (Lipinski definition) is 7. The van der Waals surface area contributed by atoms with Crippen molar-refractivity contribution in [3.8, 4) is 5.75 Å². The third-order valence-corrected chi connectivity index (χ3v) is 7.20. The number of alkyl halides is 1. The predicted octanol–water partition coefficient (Wildman–Crippen LogP) is 5.03. The minimum absolute atomic E-state index is 0.0637. The summed E-state index contributed by atoms with van der Waals surface area (Å²) in [6, 6.07) is 9.93. The summed E-state index contributed by atoms with van der Waals surface area (Å²) in [7, 11) is 1.52. The van der Waals surface area contributed by atoms with Crippen molar-refractivity contribution in [3.63, 3.8) is 0 Å². The van der Waals surface area contributed by atoms with E-state index in [9.17, 15) is 19.8 Å². The summed E-state index contributed by atoms with van der Waals surface area (Å²) >= 11 is 6.01. The highest BCUT2D eigenvalue weighted by atomic mass is 35.5. The quantitative estimate of drug-likeness (QED) is 0.171. The zero-order chi connectivity index (χ0) is 29.2. The van der Waals surface area contributed by atoms with E-state index in [0.29, 0.717) is 23.3 Å². The molecule has 1 aliphatic rings. The number of benzene rings is 2. The van der Waals surface area contributed by atoms with Crippen molar-refractivity contribution < 1.29 is 28.9 Å². The average molecular weight is 565 g/mol. The van der Waals surface area contributed by atoms with Crippen molar-refractivity contribution in [2.75, 3.05) is 7.11 Å². The normalized spacial score (nSPS) is 18.0. The van der Waals surface area contributed by atoms with Crippen molar-refractivity contribution in [1.29, 1.82) is 0 Å². The van der Waals surface area contributed by atoms with Gasteiger partial charge in [-0.1, -0.05) is 41.5 Å². The average Bonchev–Trinajstić information content (AvgIpc) is 2.90. The smallest absolute Gasteiger partial charge is 0.341 e. The van der Waals surface area contributed by atoms with Gasteiger partial charge in [0.15, 0.2) is 0 Å². The lowest BCUT2D eigenvalue weighted by Crippen LogP contribution is -2.54. The topological polar surface area (TPSA) is 106 Å². The van der Waals surface area contributed by atoms with Gasteiger partial charge in [0, 0.05) is 17.5 Å². The number of esters is 1. The van der Waals surface area contributed by atoms with E-state index in [0.717, 1.165) is 11.1 Å². The van der Waals surface area contributed by atoms with Crippen LogP contribution in [0.1, 0.15) is 55.6 Å². The van der Waals surface area contributed by atoms with Crippen molar-refractivity contribution in [3.05, 3.63) is 97.2 Å². The zero-order valence-electron chi connectivity index (χ0n) is 23.2. The van der Waals surface area contributed by atoms with E-state index in [4.69, 9.17) is 25.5 Å². The van der Waals surface area contributed by atoms with E-state index in [-0.39, 0.29) is 39.5 Å². The highest BCUT2D eigenvalue weighted by Crippen LogP contribution is 2.34. The van der Waals surface area contributed by atoms with Crippen molar-refractivity contribution in [2.24, 2.45) is 5.92 Å². The third-order valence-electron chi connectivity index (χ3n) is 6.91. The molecule has 8 heteroatoms. The maximum Gasteiger partial charge on any atom is 0.341 e. The first-order valence-electron chi connectivity index (χ1n) is 13.0. The van der Waals surface area contributed by atoms with Gasteiger partial charge in [-0.15, -0.1) is 11.6 Å². The molecule has 1 heterocycles. The Bertz CT molecular complexity index is 1710. The van der Waals surface area contributed by atoms with Crippen LogP contribution in [0.4, 0.5) is 0 Å². The lowest BCUT2D eigenvalue weighted by atomic mass is 9.86. The molecule has 7 nitrogen and oxygen atoms in total. The summed E-state index contributed by atoms with van der Waals surface area (Å²) in [4.78, 5) is 27.2.